The summed E-state index contributed by atoms with van der Waals surface area (Å²) in [5.41, 5.74) is 0. The summed E-state index contributed by atoms with van der Waals surface area (Å²) >= 11 is 0. The molecule has 16 nitrogen and oxygen atoms in total. The van der Waals surface area contributed by atoms with Gasteiger partial charge in [-0.05, 0) is 135 Å². The molecule has 4 N–H and O–H groups in total. The fourth-order valence-corrected chi connectivity index (χ4v) is 14.8. The van der Waals surface area contributed by atoms with Crippen LogP contribution in [0.3, 0.4) is 0 Å². The minimum Gasteiger partial charge on any atom is -0.463 e. The van der Waals surface area contributed by atoms with Gasteiger partial charge in [0, 0.05) is 19.3 Å². The summed E-state index contributed by atoms with van der Waals surface area (Å²) in [6, 6.07) is 0. The van der Waals surface area contributed by atoms with E-state index in [9.17, 15) is 43.5 Å². The number of esters is 3. The lowest BCUT2D eigenvalue weighted by Gasteiger charge is -2.21. The van der Waals surface area contributed by atoms with Gasteiger partial charge in [0.2, 0.25) is 0 Å². The monoisotopic (exact) mass is 1660 g/mol. The lowest BCUT2D eigenvalue weighted by Crippen LogP contribution is -2.30. The van der Waals surface area contributed by atoms with E-state index in [-0.39, 0.29) is 19.3 Å². The van der Waals surface area contributed by atoms with Gasteiger partial charge in [0.15, 0.2) is 6.10 Å². The molecule has 0 fully saturated rings. The molecule has 115 heavy (non-hydrogen) atoms. The number of aliphatic hydroxyl groups excluding tert-OH is 2. The van der Waals surface area contributed by atoms with Crippen LogP contribution in [0.25, 0.3) is 0 Å². The number of carbonyl (C=O) groups excluding carboxylic acids is 3. The molecular formula is C97H174O16P2. The molecular weight excluding hydrogens is 1480 g/mol. The highest BCUT2D eigenvalue weighted by Crippen LogP contribution is 2.45. The normalized spacial score (nSPS) is 14.3. The molecule has 0 radical (unpaired) electrons. The van der Waals surface area contributed by atoms with Crippen molar-refractivity contribution in [2.24, 2.45) is 0 Å². The van der Waals surface area contributed by atoms with Crippen LogP contribution < -0.4 is 0 Å². The Morgan fingerprint density at radius 2 is 0.435 bits per heavy atom. The number of unbranched alkanes of at least 4 members (excludes halogenated alkanes) is 49. The molecule has 0 bridgehead atoms. The zero-order valence-electron chi connectivity index (χ0n) is 73.7. The zero-order valence-corrected chi connectivity index (χ0v) is 75.5. The molecule has 0 aromatic rings. The summed E-state index contributed by atoms with van der Waals surface area (Å²) in [4.78, 5) is 58.9. The minimum atomic E-state index is -4.93. The number of ether oxygens (including phenoxy) is 3. The Morgan fingerprint density at radius 3 is 0.713 bits per heavy atom. The molecule has 0 saturated heterocycles. The lowest BCUT2D eigenvalue weighted by molar-refractivity contribution is -0.161. The minimum absolute atomic E-state index is 0.0966. The number of phosphoric acid groups is 2. The van der Waals surface area contributed by atoms with Crippen molar-refractivity contribution in [3.05, 3.63) is 109 Å². The molecule has 668 valence electrons. The van der Waals surface area contributed by atoms with E-state index in [0.717, 1.165) is 116 Å². The topological polar surface area (TPSA) is 231 Å². The summed E-state index contributed by atoms with van der Waals surface area (Å²) < 4.78 is 61.4. The summed E-state index contributed by atoms with van der Waals surface area (Å²) in [6.07, 6.45) is 109. The van der Waals surface area contributed by atoms with Crippen LogP contribution in [0, 0.1) is 0 Å². The van der Waals surface area contributed by atoms with Gasteiger partial charge in [-0.15, -0.1) is 0 Å². The highest BCUT2D eigenvalue weighted by atomic mass is 31.2. The largest absolute Gasteiger partial charge is 0.472 e. The maximum atomic E-state index is 13.0. The number of carbonyl (C=O) groups is 3. The number of rotatable bonds is 90. The molecule has 0 heterocycles. The van der Waals surface area contributed by atoms with Crippen molar-refractivity contribution in [2.75, 3.05) is 39.6 Å². The zero-order chi connectivity index (χ0) is 83.6. The van der Waals surface area contributed by atoms with E-state index in [1.54, 1.807) is 0 Å². The van der Waals surface area contributed by atoms with Gasteiger partial charge in [-0.25, -0.2) is 9.13 Å². The van der Waals surface area contributed by atoms with Gasteiger partial charge >= 0.3 is 33.6 Å². The van der Waals surface area contributed by atoms with Crippen LogP contribution in [0.1, 0.15) is 432 Å². The first kappa shape index (κ1) is 111. The predicted octanol–water partition coefficient (Wildman–Crippen LogP) is 29.0. The molecule has 0 aliphatic heterocycles. The SMILES string of the molecule is CCCCC/C=C\C/C=C\C/C=C\C/C=C\CCCCCCCCCCCCCCCCCCCCCC(=O)OCC(O)COP(=O)(O)OCC(O)COP(=O)(O)OCC(COC(=O)CCCCCCCCCCCCCCCCC/C=C\C/C=C\C/C=C\C/C=C\CCCCC)OC(=O)CCCCCCC/C=C\CCCCCC. The highest BCUT2D eigenvalue weighted by molar-refractivity contribution is 7.47. The van der Waals surface area contributed by atoms with E-state index in [1.165, 1.54) is 257 Å². The summed E-state index contributed by atoms with van der Waals surface area (Å²) in [5.74, 6) is -1.56. The Kier molecular flexibility index (Phi) is 86.5. The quantitative estimate of drug-likeness (QED) is 0.0146. The first-order valence-electron chi connectivity index (χ1n) is 47.2. The number of phosphoric ester groups is 2. The van der Waals surface area contributed by atoms with Crippen molar-refractivity contribution in [3.63, 3.8) is 0 Å². The molecule has 18 heteroatoms. The van der Waals surface area contributed by atoms with E-state index in [2.05, 4.69) is 130 Å². The van der Waals surface area contributed by atoms with Crippen LogP contribution in [0.15, 0.2) is 109 Å². The van der Waals surface area contributed by atoms with Gasteiger partial charge in [0.1, 0.15) is 25.4 Å². The first-order valence-corrected chi connectivity index (χ1v) is 50.2. The van der Waals surface area contributed by atoms with E-state index >= 15 is 0 Å². The molecule has 0 aliphatic carbocycles. The van der Waals surface area contributed by atoms with Crippen molar-refractivity contribution in [3.8, 4) is 0 Å². The van der Waals surface area contributed by atoms with Crippen molar-refractivity contribution < 1.29 is 75.8 Å². The van der Waals surface area contributed by atoms with Gasteiger partial charge in [-0.2, -0.15) is 0 Å². The third kappa shape index (κ3) is 90.8. The van der Waals surface area contributed by atoms with Crippen molar-refractivity contribution in [1.82, 2.24) is 0 Å². The molecule has 0 aromatic carbocycles. The maximum Gasteiger partial charge on any atom is 0.472 e. The molecule has 5 atom stereocenters. The fourth-order valence-electron chi connectivity index (χ4n) is 13.2. The number of allylic oxidation sites excluding steroid dienone is 18. The third-order valence-corrected chi connectivity index (χ3v) is 22.3. The second-order valence-corrected chi connectivity index (χ2v) is 34.7. The van der Waals surface area contributed by atoms with Gasteiger partial charge in [0.25, 0.3) is 0 Å². The third-order valence-electron chi connectivity index (χ3n) is 20.4. The Hall–Kier alpha value is -3.79. The Labute approximate surface area is 704 Å². The fraction of sp³-hybridized carbons (Fsp3) is 0.784. The molecule has 0 rings (SSSR count). The molecule has 0 saturated carbocycles. The van der Waals surface area contributed by atoms with Crippen LogP contribution in [0.5, 0.6) is 0 Å². The smallest absolute Gasteiger partial charge is 0.463 e. The average Bonchev–Trinajstić information content (AvgIpc) is 0.905. The van der Waals surface area contributed by atoms with Gasteiger partial charge in [0.05, 0.1) is 26.4 Å². The number of hydrogen-bond acceptors (Lipinski definition) is 14. The van der Waals surface area contributed by atoms with Crippen molar-refractivity contribution in [2.45, 2.75) is 450 Å². The second kappa shape index (κ2) is 89.5. The van der Waals surface area contributed by atoms with Crippen LogP contribution in [-0.4, -0.2) is 95.9 Å². The number of hydrogen-bond donors (Lipinski definition) is 4. The van der Waals surface area contributed by atoms with E-state index in [4.69, 9.17) is 32.3 Å². The molecule has 5 unspecified atom stereocenters. The van der Waals surface area contributed by atoms with Gasteiger partial charge in [-0.3, -0.25) is 32.5 Å². The predicted molar refractivity (Wildman–Crippen MR) is 482 cm³/mol. The second-order valence-electron chi connectivity index (χ2n) is 31.8. The van der Waals surface area contributed by atoms with Crippen LogP contribution in [0.2, 0.25) is 0 Å². The molecule has 0 aromatic heterocycles. The Balaban J connectivity index is 4.35. The maximum absolute atomic E-state index is 13.0. The number of aliphatic hydroxyl groups is 2. The summed E-state index contributed by atoms with van der Waals surface area (Å²) in [7, 11) is -9.79. The van der Waals surface area contributed by atoms with Gasteiger partial charge in [-0.1, -0.05) is 387 Å². The average molecular weight is 1660 g/mol. The van der Waals surface area contributed by atoms with E-state index in [0.29, 0.717) is 19.3 Å². The van der Waals surface area contributed by atoms with E-state index in [1.807, 2.05) is 0 Å². The van der Waals surface area contributed by atoms with Crippen molar-refractivity contribution in [1.29, 1.82) is 0 Å². The standard InChI is InChI=1S/C97H174O16P2/c1-4-7-10-13-16-19-22-25-27-29-31-33-35-37-39-41-43-44-45-46-48-50-51-53-55-57-59-61-63-66-68-71-74-77-80-83-95(100)107-86-92(98)87-109-114(103,104)110-88-93(99)89-111-115(105,106)112-91-94(113-97(102)85-82-79-76-73-70-65-24-21-18-15-12-9-6-3)90-108-96(101)84-81-78-75-72-69-67-64-62-60-58-56-54-52-49-47-42-40-38-36-34-32-30-28-26-23-20-17-14-11-8-5-2/h16-17,19-21,24-28,31-34,37-40,92-94,98-99H,4-15,18,22-23,29-30,35-36,41-91H2,1-3H3,(H,103,104)(H,105,106)/b19-16-,20-17-,24-21-,27-25-,28-26-,33-31-,34-32-,39-37-,40-38-. The highest BCUT2D eigenvalue weighted by Gasteiger charge is 2.30. The summed E-state index contributed by atoms with van der Waals surface area (Å²) in [5, 5.41) is 20.7. The Bertz CT molecular complexity index is 2520. The van der Waals surface area contributed by atoms with Crippen LogP contribution in [0.4, 0.5) is 0 Å². The Morgan fingerprint density at radius 1 is 0.243 bits per heavy atom. The molecule has 0 amide bonds. The first-order chi connectivity index (χ1) is 56.2. The lowest BCUT2D eigenvalue weighted by atomic mass is 10.0. The van der Waals surface area contributed by atoms with Crippen LogP contribution >= 0.6 is 15.6 Å². The van der Waals surface area contributed by atoms with E-state index < -0.39 is 91.5 Å². The molecule has 0 aliphatic rings. The van der Waals surface area contributed by atoms with Crippen LogP contribution in [-0.2, 0) is 55.8 Å². The summed E-state index contributed by atoms with van der Waals surface area (Å²) in [6.45, 7) is 2.67. The van der Waals surface area contributed by atoms with Gasteiger partial charge < -0.3 is 34.2 Å². The van der Waals surface area contributed by atoms with Crippen molar-refractivity contribution >= 4 is 33.6 Å². The molecule has 0 spiro atoms.